The highest BCUT2D eigenvalue weighted by Gasteiger charge is 2.38. The van der Waals surface area contributed by atoms with Crippen molar-refractivity contribution in [1.82, 2.24) is 4.90 Å². The van der Waals surface area contributed by atoms with Gasteiger partial charge in [-0.15, -0.1) is 0 Å². The fourth-order valence-corrected chi connectivity index (χ4v) is 3.18. The number of carbonyl (C=O) groups excluding carboxylic acids is 1. The van der Waals surface area contributed by atoms with E-state index in [1.807, 2.05) is 13.0 Å². The Bertz CT molecular complexity index is 603. The van der Waals surface area contributed by atoms with Gasteiger partial charge in [0.15, 0.2) is 0 Å². The van der Waals surface area contributed by atoms with Crippen LogP contribution in [0, 0.1) is 0 Å². The summed E-state index contributed by atoms with van der Waals surface area (Å²) >= 11 is 5.91. The zero-order valence-corrected chi connectivity index (χ0v) is 12.0. The van der Waals surface area contributed by atoms with Crippen molar-refractivity contribution in [2.75, 3.05) is 6.54 Å². The minimum atomic E-state index is -3.68. The standard InChI is InChI=1S/C12H15ClN2O3S/c1-8(9-3-2-4-10(13)5-9)15-7-11(6-12(15)16)19(14,17)18/h2-5,8,11H,6-7H2,1H3,(H2,14,17,18). The van der Waals surface area contributed by atoms with Gasteiger partial charge in [-0.25, -0.2) is 13.6 Å². The number of sulfonamides is 1. The molecule has 0 saturated carbocycles. The van der Waals surface area contributed by atoms with Crippen molar-refractivity contribution in [3.63, 3.8) is 0 Å². The van der Waals surface area contributed by atoms with Crippen LogP contribution in [0.2, 0.25) is 5.02 Å². The molecule has 1 fully saturated rings. The average molecular weight is 303 g/mol. The van der Waals surface area contributed by atoms with Gasteiger partial charge >= 0.3 is 0 Å². The molecule has 19 heavy (non-hydrogen) atoms. The smallest absolute Gasteiger partial charge is 0.224 e. The lowest BCUT2D eigenvalue weighted by molar-refractivity contribution is -0.129. The Morgan fingerprint density at radius 1 is 1.47 bits per heavy atom. The van der Waals surface area contributed by atoms with Gasteiger partial charge in [-0.2, -0.15) is 0 Å². The molecule has 104 valence electrons. The largest absolute Gasteiger partial charge is 0.335 e. The van der Waals surface area contributed by atoms with Gasteiger partial charge in [-0.05, 0) is 24.6 Å². The van der Waals surface area contributed by atoms with Crippen LogP contribution in [0.5, 0.6) is 0 Å². The Morgan fingerprint density at radius 2 is 2.16 bits per heavy atom. The van der Waals surface area contributed by atoms with Gasteiger partial charge in [0.2, 0.25) is 15.9 Å². The summed E-state index contributed by atoms with van der Waals surface area (Å²) in [6, 6.07) is 6.94. The third kappa shape index (κ3) is 3.08. The number of hydrogen-bond acceptors (Lipinski definition) is 3. The molecule has 1 aromatic carbocycles. The fraction of sp³-hybridized carbons (Fsp3) is 0.417. The normalized spacial score (nSPS) is 21.7. The summed E-state index contributed by atoms with van der Waals surface area (Å²) in [5.74, 6) is -0.202. The van der Waals surface area contributed by atoms with Gasteiger partial charge in [-0.1, -0.05) is 23.7 Å². The maximum atomic E-state index is 11.9. The van der Waals surface area contributed by atoms with Crippen LogP contribution < -0.4 is 5.14 Å². The van der Waals surface area contributed by atoms with Crippen LogP contribution in [0.4, 0.5) is 0 Å². The molecule has 2 unspecified atom stereocenters. The molecule has 0 spiro atoms. The number of nitrogens with zero attached hydrogens (tertiary/aromatic N) is 1. The highest BCUT2D eigenvalue weighted by atomic mass is 35.5. The Kier molecular flexibility index (Phi) is 3.85. The molecule has 1 saturated heterocycles. The predicted molar refractivity (Wildman–Crippen MR) is 73.1 cm³/mol. The van der Waals surface area contributed by atoms with E-state index in [0.29, 0.717) is 5.02 Å². The van der Waals surface area contributed by atoms with Crippen LogP contribution in [-0.2, 0) is 14.8 Å². The van der Waals surface area contributed by atoms with Crippen molar-refractivity contribution >= 4 is 27.5 Å². The quantitative estimate of drug-likeness (QED) is 0.913. The van der Waals surface area contributed by atoms with Gasteiger partial charge in [0.1, 0.15) is 5.25 Å². The Balaban J connectivity index is 2.21. The van der Waals surface area contributed by atoms with E-state index in [9.17, 15) is 13.2 Å². The van der Waals surface area contributed by atoms with E-state index in [1.54, 1.807) is 18.2 Å². The first-order valence-corrected chi connectivity index (χ1v) is 7.84. The molecular formula is C12H15ClN2O3S. The number of primary sulfonamides is 1. The molecule has 1 aromatic rings. The van der Waals surface area contributed by atoms with E-state index in [1.165, 1.54) is 4.90 Å². The lowest BCUT2D eigenvalue weighted by Gasteiger charge is -2.25. The maximum Gasteiger partial charge on any atom is 0.224 e. The minimum Gasteiger partial charge on any atom is -0.335 e. The molecule has 5 nitrogen and oxygen atoms in total. The second-order valence-corrected chi connectivity index (χ2v) is 6.97. The Hall–Kier alpha value is -1.11. The third-order valence-electron chi connectivity index (χ3n) is 3.39. The molecule has 1 heterocycles. The van der Waals surface area contributed by atoms with E-state index in [0.717, 1.165) is 5.56 Å². The maximum absolute atomic E-state index is 11.9. The molecule has 0 aromatic heterocycles. The topological polar surface area (TPSA) is 80.5 Å². The van der Waals surface area contributed by atoms with E-state index in [2.05, 4.69) is 0 Å². The number of rotatable bonds is 3. The first-order valence-electron chi connectivity index (χ1n) is 5.85. The number of amides is 1. The van der Waals surface area contributed by atoms with E-state index in [4.69, 9.17) is 16.7 Å². The molecule has 2 N–H and O–H groups in total. The lowest BCUT2D eigenvalue weighted by Crippen LogP contribution is -2.33. The minimum absolute atomic E-state index is 0.0518. The number of hydrogen-bond donors (Lipinski definition) is 1. The first-order chi connectivity index (χ1) is 8.79. The number of nitrogens with two attached hydrogens (primary N) is 1. The SMILES string of the molecule is CC(c1cccc(Cl)c1)N1CC(S(N)(=O)=O)CC1=O. The number of likely N-dealkylation sites (tertiary alicyclic amines) is 1. The highest BCUT2D eigenvalue weighted by molar-refractivity contribution is 7.89. The lowest BCUT2D eigenvalue weighted by atomic mass is 10.1. The summed E-state index contributed by atoms with van der Waals surface area (Å²) in [4.78, 5) is 13.4. The van der Waals surface area contributed by atoms with Crippen molar-refractivity contribution in [3.8, 4) is 0 Å². The van der Waals surface area contributed by atoms with Crippen molar-refractivity contribution in [3.05, 3.63) is 34.9 Å². The summed E-state index contributed by atoms with van der Waals surface area (Å²) in [6.07, 6.45) is -0.0518. The Labute approximate surface area is 117 Å². The summed E-state index contributed by atoms with van der Waals surface area (Å²) in [5.41, 5.74) is 0.871. The van der Waals surface area contributed by atoms with E-state index < -0.39 is 15.3 Å². The molecule has 2 rings (SSSR count). The molecule has 1 amide bonds. The van der Waals surface area contributed by atoms with Crippen molar-refractivity contribution in [2.24, 2.45) is 5.14 Å². The third-order valence-corrected chi connectivity index (χ3v) is 4.87. The first kappa shape index (κ1) is 14.3. The number of benzene rings is 1. The number of carbonyl (C=O) groups is 1. The average Bonchev–Trinajstić information content (AvgIpc) is 2.70. The van der Waals surface area contributed by atoms with Gasteiger partial charge in [0.25, 0.3) is 0 Å². The molecule has 1 aliphatic rings. The van der Waals surface area contributed by atoms with E-state index >= 15 is 0 Å². The van der Waals surface area contributed by atoms with Crippen molar-refractivity contribution in [1.29, 1.82) is 0 Å². The van der Waals surface area contributed by atoms with Crippen LogP contribution in [0.3, 0.4) is 0 Å². The molecule has 0 aliphatic carbocycles. The van der Waals surface area contributed by atoms with Gasteiger partial charge < -0.3 is 4.90 Å². The Morgan fingerprint density at radius 3 is 2.68 bits per heavy atom. The van der Waals surface area contributed by atoms with E-state index in [-0.39, 0.29) is 24.9 Å². The van der Waals surface area contributed by atoms with Crippen LogP contribution in [0.15, 0.2) is 24.3 Å². The van der Waals surface area contributed by atoms with Crippen molar-refractivity contribution < 1.29 is 13.2 Å². The molecule has 1 aliphatic heterocycles. The highest BCUT2D eigenvalue weighted by Crippen LogP contribution is 2.28. The van der Waals surface area contributed by atoms with Crippen LogP contribution in [-0.4, -0.2) is 31.0 Å². The van der Waals surface area contributed by atoms with Gasteiger partial charge in [0, 0.05) is 18.0 Å². The molecule has 0 bridgehead atoms. The summed E-state index contributed by atoms with van der Waals surface area (Å²) in [7, 11) is -3.68. The van der Waals surface area contributed by atoms with Crippen molar-refractivity contribution in [2.45, 2.75) is 24.6 Å². The van der Waals surface area contributed by atoms with Crippen LogP contribution in [0.1, 0.15) is 24.9 Å². The molecule has 7 heteroatoms. The second kappa shape index (κ2) is 5.11. The van der Waals surface area contributed by atoms with Gasteiger partial charge in [0.05, 0.1) is 6.04 Å². The zero-order valence-electron chi connectivity index (χ0n) is 10.4. The number of halogens is 1. The van der Waals surface area contributed by atoms with Crippen LogP contribution in [0.25, 0.3) is 0 Å². The summed E-state index contributed by atoms with van der Waals surface area (Å²) < 4.78 is 22.6. The zero-order chi connectivity index (χ0) is 14.2. The van der Waals surface area contributed by atoms with Gasteiger partial charge in [-0.3, -0.25) is 4.79 Å². The monoisotopic (exact) mass is 302 g/mol. The molecule has 2 atom stereocenters. The summed E-state index contributed by atoms with van der Waals surface area (Å²) in [5, 5.41) is 4.86. The fourth-order valence-electron chi connectivity index (χ4n) is 2.24. The molecule has 0 radical (unpaired) electrons. The molecular weight excluding hydrogens is 288 g/mol. The second-order valence-electron chi connectivity index (χ2n) is 4.69. The van der Waals surface area contributed by atoms with Crippen LogP contribution >= 0.6 is 11.6 Å². The summed E-state index contributed by atoms with van der Waals surface area (Å²) in [6.45, 7) is 1.97. The predicted octanol–water partition coefficient (Wildman–Crippen LogP) is 1.29.